The number of hydrogen-bond donors (Lipinski definition) is 3. The van der Waals surface area contributed by atoms with Crippen LogP contribution in [-0.2, 0) is 4.74 Å². The third-order valence-corrected chi connectivity index (χ3v) is 3.58. The molecule has 0 bridgehead atoms. The number of ether oxygens (including phenoxy) is 1. The van der Waals surface area contributed by atoms with Crippen molar-refractivity contribution in [1.82, 2.24) is 25.3 Å². The van der Waals surface area contributed by atoms with Crippen molar-refractivity contribution in [2.24, 2.45) is 0 Å². The summed E-state index contributed by atoms with van der Waals surface area (Å²) in [5, 5.41) is 3.39. The van der Waals surface area contributed by atoms with Crippen molar-refractivity contribution in [3.05, 3.63) is 36.5 Å². The smallest absolute Gasteiger partial charge is 0.126 e. The van der Waals surface area contributed by atoms with E-state index in [-0.39, 0.29) is 6.04 Å². The molecular formula is C14H15N5O. The van der Waals surface area contributed by atoms with Crippen LogP contribution in [-0.4, -0.2) is 39.7 Å². The maximum Gasteiger partial charge on any atom is 0.126 e. The lowest BCUT2D eigenvalue weighted by molar-refractivity contribution is 0.0745. The van der Waals surface area contributed by atoms with Gasteiger partial charge in [-0.25, -0.2) is 9.97 Å². The fourth-order valence-electron chi connectivity index (χ4n) is 2.50. The highest BCUT2D eigenvalue weighted by Gasteiger charge is 2.18. The topological polar surface area (TPSA) is 78.6 Å². The number of imidazole rings is 2. The number of aromatic amines is 2. The van der Waals surface area contributed by atoms with Gasteiger partial charge in [0.15, 0.2) is 0 Å². The minimum absolute atomic E-state index is 0.147. The largest absolute Gasteiger partial charge is 0.378 e. The van der Waals surface area contributed by atoms with Crippen LogP contribution in [0.2, 0.25) is 0 Å². The van der Waals surface area contributed by atoms with Crippen LogP contribution in [0, 0.1) is 0 Å². The molecule has 0 saturated carbocycles. The normalized spacial score (nSPS) is 19.5. The van der Waals surface area contributed by atoms with Crippen LogP contribution >= 0.6 is 0 Å². The summed E-state index contributed by atoms with van der Waals surface area (Å²) in [6.45, 7) is 2.29. The lowest BCUT2D eigenvalue weighted by Gasteiger charge is -2.21. The average molecular weight is 269 g/mol. The van der Waals surface area contributed by atoms with E-state index in [1.54, 1.807) is 6.33 Å². The summed E-state index contributed by atoms with van der Waals surface area (Å²) in [7, 11) is 0. The molecule has 0 radical (unpaired) electrons. The van der Waals surface area contributed by atoms with Gasteiger partial charge in [0.05, 0.1) is 48.5 Å². The molecule has 0 amide bonds. The Morgan fingerprint density at radius 2 is 2.25 bits per heavy atom. The molecule has 2 aromatic heterocycles. The zero-order valence-corrected chi connectivity index (χ0v) is 10.9. The number of hydrogen-bond acceptors (Lipinski definition) is 4. The number of morpholine rings is 1. The number of H-pyrrole nitrogens is 2. The fraction of sp³-hybridized carbons (Fsp3) is 0.286. The van der Waals surface area contributed by atoms with Crippen LogP contribution in [0.5, 0.6) is 0 Å². The molecular weight excluding hydrogens is 254 g/mol. The second kappa shape index (κ2) is 4.73. The number of nitrogens with one attached hydrogen (secondary N) is 3. The highest BCUT2D eigenvalue weighted by Crippen LogP contribution is 2.23. The number of rotatable bonds is 2. The van der Waals surface area contributed by atoms with Crippen LogP contribution in [0.3, 0.4) is 0 Å². The third-order valence-electron chi connectivity index (χ3n) is 3.58. The van der Waals surface area contributed by atoms with E-state index in [0.717, 1.165) is 41.3 Å². The van der Waals surface area contributed by atoms with E-state index in [1.165, 1.54) is 0 Å². The molecule has 4 rings (SSSR count). The molecule has 3 heterocycles. The van der Waals surface area contributed by atoms with E-state index in [2.05, 4.69) is 31.3 Å². The number of fused-ring (bicyclic) bond motifs is 1. The molecule has 1 atom stereocenters. The monoisotopic (exact) mass is 269 g/mol. The predicted octanol–water partition coefficient (Wildman–Crippen LogP) is 1.61. The van der Waals surface area contributed by atoms with Crippen LogP contribution in [0.15, 0.2) is 30.7 Å². The maximum absolute atomic E-state index is 5.46. The van der Waals surface area contributed by atoms with Gasteiger partial charge in [0, 0.05) is 12.1 Å². The zero-order valence-electron chi connectivity index (χ0n) is 10.9. The Hall–Kier alpha value is -2.18. The van der Waals surface area contributed by atoms with Crippen molar-refractivity contribution in [2.45, 2.75) is 6.04 Å². The molecule has 1 unspecified atom stereocenters. The number of benzene rings is 1. The summed E-state index contributed by atoms with van der Waals surface area (Å²) in [6.07, 6.45) is 3.57. The molecule has 6 heteroatoms. The van der Waals surface area contributed by atoms with Gasteiger partial charge in [0.25, 0.3) is 0 Å². The molecule has 102 valence electrons. The van der Waals surface area contributed by atoms with Crippen molar-refractivity contribution in [3.8, 4) is 11.3 Å². The first-order valence-electron chi connectivity index (χ1n) is 6.70. The quantitative estimate of drug-likeness (QED) is 0.660. The molecule has 3 aromatic rings. The molecule has 1 fully saturated rings. The molecule has 3 N–H and O–H groups in total. The van der Waals surface area contributed by atoms with E-state index in [0.29, 0.717) is 6.61 Å². The van der Waals surface area contributed by atoms with Crippen LogP contribution in [0.1, 0.15) is 11.9 Å². The highest BCUT2D eigenvalue weighted by molar-refractivity contribution is 5.80. The van der Waals surface area contributed by atoms with Crippen molar-refractivity contribution in [3.63, 3.8) is 0 Å². The standard InChI is InChI=1S/C14H15N5O/c1-2-10-11(18-8-17-10)5-9(1)12-6-16-14(19-12)13-7-20-4-3-15-13/h1-2,5-6,8,13,15H,3-4,7H2,(H,16,19)(H,17,18). The average Bonchev–Trinajstić information content (AvgIpc) is 3.16. The second-order valence-corrected chi connectivity index (χ2v) is 4.90. The van der Waals surface area contributed by atoms with E-state index >= 15 is 0 Å². The minimum Gasteiger partial charge on any atom is -0.378 e. The summed E-state index contributed by atoms with van der Waals surface area (Å²) in [4.78, 5) is 15.2. The predicted molar refractivity (Wildman–Crippen MR) is 75.2 cm³/mol. The molecule has 0 spiro atoms. The van der Waals surface area contributed by atoms with Gasteiger partial charge in [-0.3, -0.25) is 0 Å². The highest BCUT2D eigenvalue weighted by atomic mass is 16.5. The molecule has 1 saturated heterocycles. The lowest BCUT2D eigenvalue weighted by atomic mass is 10.1. The minimum atomic E-state index is 0.147. The summed E-state index contributed by atoms with van der Waals surface area (Å²) in [5.41, 5.74) is 4.09. The Morgan fingerprint density at radius 1 is 1.25 bits per heavy atom. The van der Waals surface area contributed by atoms with Crippen LogP contribution in [0.4, 0.5) is 0 Å². The van der Waals surface area contributed by atoms with Gasteiger partial charge in [-0.1, -0.05) is 6.07 Å². The van der Waals surface area contributed by atoms with Gasteiger partial charge in [-0.15, -0.1) is 0 Å². The second-order valence-electron chi connectivity index (χ2n) is 4.90. The van der Waals surface area contributed by atoms with Gasteiger partial charge >= 0.3 is 0 Å². The SMILES string of the molecule is c1nc2ccc(-c3cnc(C4COCCN4)[nH]3)cc2[nH]1. The van der Waals surface area contributed by atoms with Gasteiger partial charge in [-0.2, -0.15) is 0 Å². The Bertz CT molecular complexity index is 726. The van der Waals surface area contributed by atoms with Gasteiger partial charge in [0.1, 0.15) is 5.82 Å². The van der Waals surface area contributed by atoms with E-state index in [1.807, 2.05) is 18.3 Å². The molecule has 1 aromatic carbocycles. The molecule has 20 heavy (non-hydrogen) atoms. The van der Waals surface area contributed by atoms with Crippen molar-refractivity contribution >= 4 is 11.0 Å². The zero-order chi connectivity index (χ0) is 13.4. The number of aromatic nitrogens is 4. The Balaban J connectivity index is 1.66. The lowest BCUT2D eigenvalue weighted by Crippen LogP contribution is -2.35. The number of nitrogens with zero attached hydrogens (tertiary/aromatic N) is 2. The van der Waals surface area contributed by atoms with Crippen molar-refractivity contribution in [1.29, 1.82) is 0 Å². The van der Waals surface area contributed by atoms with Gasteiger partial charge in [-0.05, 0) is 12.1 Å². The summed E-state index contributed by atoms with van der Waals surface area (Å²) < 4.78 is 5.46. The van der Waals surface area contributed by atoms with E-state index in [4.69, 9.17) is 4.74 Å². The van der Waals surface area contributed by atoms with Gasteiger partial charge < -0.3 is 20.0 Å². The molecule has 6 nitrogen and oxygen atoms in total. The summed E-state index contributed by atoms with van der Waals surface area (Å²) in [5.74, 6) is 0.921. The van der Waals surface area contributed by atoms with Crippen LogP contribution in [0.25, 0.3) is 22.3 Å². The van der Waals surface area contributed by atoms with Crippen molar-refractivity contribution in [2.75, 3.05) is 19.8 Å². The first kappa shape index (κ1) is 11.6. The third kappa shape index (κ3) is 1.99. The summed E-state index contributed by atoms with van der Waals surface area (Å²) in [6, 6.07) is 6.27. The Morgan fingerprint density at radius 3 is 3.15 bits per heavy atom. The van der Waals surface area contributed by atoms with Crippen molar-refractivity contribution < 1.29 is 4.74 Å². The van der Waals surface area contributed by atoms with Gasteiger partial charge in [0.2, 0.25) is 0 Å². The summed E-state index contributed by atoms with van der Waals surface area (Å²) >= 11 is 0. The Kier molecular flexibility index (Phi) is 2.75. The maximum atomic E-state index is 5.46. The van der Waals surface area contributed by atoms with E-state index in [9.17, 15) is 0 Å². The van der Waals surface area contributed by atoms with Crippen LogP contribution < -0.4 is 5.32 Å². The first-order valence-corrected chi connectivity index (χ1v) is 6.70. The first-order chi connectivity index (χ1) is 9.90. The van der Waals surface area contributed by atoms with E-state index < -0.39 is 0 Å². The Labute approximate surface area is 115 Å². The molecule has 0 aliphatic carbocycles. The molecule has 1 aliphatic heterocycles. The fourth-order valence-corrected chi connectivity index (χ4v) is 2.50. The molecule has 1 aliphatic rings.